The molecule has 1 heterocycles. The van der Waals surface area contributed by atoms with Crippen LogP contribution in [0.15, 0.2) is 46.9 Å². The van der Waals surface area contributed by atoms with Crippen LogP contribution in [0.1, 0.15) is 21.8 Å². The Morgan fingerprint density at radius 2 is 2.00 bits per heavy atom. The molecule has 1 amide bonds. The monoisotopic (exact) mass is 314 g/mol. The van der Waals surface area contributed by atoms with Gasteiger partial charge in [-0.25, -0.2) is 4.98 Å². The molecular formula is C17H15ClN2O2. The fourth-order valence-corrected chi connectivity index (χ4v) is 2.38. The van der Waals surface area contributed by atoms with Crippen LogP contribution in [0.2, 0.25) is 5.02 Å². The van der Waals surface area contributed by atoms with Gasteiger partial charge in [0.15, 0.2) is 11.5 Å². The molecule has 0 fully saturated rings. The number of benzene rings is 2. The van der Waals surface area contributed by atoms with Gasteiger partial charge in [0.2, 0.25) is 0 Å². The average molecular weight is 315 g/mol. The molecule has 0 saturated heterocycles. The molecule has 3 aromatic rings. The predicted octanol–water partition coefficient (Wildman–Crippen LogP) is 3.76. The number of amides is 1. The number of halogens is 1. The zero-order chi connectivity index (χ0) is 15.5. The molecule has 0 aliphatic carbocycles. The topological polar surface area (TPSA) is 55.1 Å². The highest BCUT2D eigenvalue weighted by molar-refractivity contribution is 6.30. The molecular weight excluding hydrogens is 300 g/mol. The van der Waals surface area contributed by atoms with Crippen molar-refractivity contribution in [3.8, 4) is 0 Å². The van der Waals surface area contributed by atoms with E-state index < -0.39 is 0 Å². The van der Waals surface area contributed by atoms with Crippen LogP contribution in [0.4, 0.5) is 0 Å². The van der Waals surface area contributed by atoms with Crippen molar-refractivity contribution in [1.29, 1.82) is 0 Å². The number of aromatic nitrogens is 1. The summed E-state index contributed by atoms with van der Waals surface area (Å²) in [4.78, 5) is 16.4. The van der Waals surface area contributed by atoms with Crippen molar-refractivity contribution in [3.05, 3.63) is 64.5 Å². The minimum atomic E-state index is -0.120. The Labute approximate surface area is 133 Å². The zero-order valence-corrected chi connectivity index (χ0v) is 12.9. The van der Waals surface area contributed by atoms with E-state index >= 15 is 0 Å². The molecule has 0 aliphatic heterocycles. The van der Waals surface area contributed by atoms with Crippen LogP contribution in [0.3, 0.4) is 0 Å². The van der Waals surface area contributed by atoms with Crippen molar-refractivity contribution >= 4 is 28.6 Å². The highest BCUT2D eigenvalue weighted by Gasteiger charge is 2.09. The molecule has 4 nitrogen and oxygen atoms in total. The minimum Gasteiger partial charge on any atom is -0.441 e. The number of carbonyl (C=O) groups excluding carboxylic acids is 1. The van der Waals surface area contributed by atoms with E-state index in [-0.39, 0.29) is 5.91 Å². The molecule has 1 N–H and O–H groups in total. The largest absolute Gasteiger partial charge is 0.441 e. The lowest BCUT2D eigenvalue weighted by Crippen LogP contribution is -2.25. The van der Waals surface area contributed by atoms with Crippen LogP contribution < -0.4 is 5.32 Å². The quantitative estimate of drug-likeness (QED) is 0.797. The number of hydrogen-bond donors (Lipinski definition) is 1. The summed E-state index contributed by atoms with van der Waals surface area (Å²) in [5.41, 5.74) is 3.09. The molecule has 0 saturated carbocycles. The third-order valence-corrected chi connectivity index (χ3v) is 3.62. The molecule has 0 unspecified atom stereocenters. The van der Waals surface area contributed by atoms with E-state index in [9.17, 15) is 4.79 Å². The summed E-state index contributed by atoms with van der Waals surface area (Å²) in [6.45, 7) is 2.35. The number of nitrogens with one attached hydrogen (secondary N) is 1. The lowest BCUT2D eigenvalue weighted by atomic mass is 10.1. The second kappa shape index (κ2) is 6.20. The summed E-state index contributed by atoms with van der Waals surface area (Å²) >= 11 is 5.84. The Kier molecular flexibility index (Phi) is 4.11. The van der Waals surface area contributed by atoms with Crippen LogP contribution in [0.5, 0.6) is 0 Å². The van der Waals surface area contributed by atoms with Gasteiger partial charge in [-0.3, -0.25) is 4.79 Å². The van der Waals surface area contributed by atoms with Crippen molar-refractivity contribution in [2.75, 3.05) is 6.54 Å². The molecule has 0 radical (unpaired) electrons. The Balaban J connectivity index is 1.61. The molecule has 0 spiro atoms. The smallest absolute Gasteiger partial charge is 0.251 e. The van der Waals surface area contributed by atoms with Crippen LogP contribution >= 0.6 is 11.6 Å². The summed E-state index contributed by atoms with van der Waals surface area (Å²) < 4.78 is 5.44. The van der Waals surface area contributed by atoms with Crippen LogP contribution in [0, 0.1) is 6.92 Å². The molecule has 3 rings (SSSR count). The molecule has 2 aromatic carbocycles. The van der Waals surface area contributed by atoms with E-state index in [1.165, 1.54) is 0 Å². The first-order valence-corrected chi connectivity index (χ1v) is 7.39. The summed E-state index contributed by atoms with van der Waals surface area (Å²) in [5.74, 6) is 0.472. The number of rotatable bonds is 4. The van der Waals surface area contributed by atoms with Gasteiger partial charge >= 0.3 is 0 Å². The predicted molar refractivity (Wildman–Crippen MR) is 86.2 cm³/mol. The number of nitrogens with zero attached hydrogens (tertiary/aromatic N) is 1. The van der Waals surface area contributed by atoms with Gasteiger partial charge in [0.05, 0.1) is 0 Å². The highest BCUT2D eigenvalue weighted by atomic mass is 35.5. The minimum absolute atomic E-state index is 0.120. The lowest BCUT2D eigenvalue weighted by Gasteiger charge is -2.05. The fourth-order valence-electron chi connectivity index (χ4n) is 2.25. The first-order valence-electron chi connectivity index (χ1n) is 7.02. The van der Waals surface area contributed by atoms with Crippen molar-refractivity contribution in [1.82, 2.24) is 10.3 Å². The second-order valence-corrected chi connectivity index (χ2v) is 5.48. The van der Waals surface area contributed by atoms with E-state index in [4.69, 9.17) is 16.0 Å². The fraction of sp³-hybridized carbons (Fsp3) is 0.176. The summed E-state index contributed by atoms with van der Waals surface area (Å²) in [5, 5.41) is 3.61. The molecule has 112 valence electrons. The number of aryl methyl sites for hydroxylation is 1. The maximum atomic E-state index is 12.1. The Hall–Kier alpha value is -2.33. The van der Waals surface area contributed by atoms with E-state index in [1.54, 1.807) is 25.1 Å². The molecule has 22 heavy (non-hydrogen) atoms. The van der Waals surface area contributed by atoms with Gasteiger partial charge in [-0.15, -0.1) is 0 Å². The Morgan fingerprint density at radius 3 is 2.77 bits per heavy atom. The Morgan fingerprint density at radius 1 is 1.23 bits per heavy atom. The van der Waals surface area contributed by atoms with Gasteiger partial charge in [-0.2, -0.15) is 0 Å². The first kappa shape index (κ1) is 14.6. The van der Waals surface area contributed by atoms with Gasteiger partial charge in [-0.05, 0) is 42.3 Å². The normalized spacial score (nSPS) is 10.8. The molecule has 0 atom stereocenters. The van der Waals surface area contributed by atoms with Crippen LogP contribution in [-0.2, 0) is 6.42 Å². The summed E-state index contributed by atoms with van der Waals surface area (Å²) in [7, 11) is 0. The Bertz CT molecular complexity index is 809. The van der Waals surface area contributed by atoms with Crippen molar-refractivity contribution in [2.45, 2.75) is 13.3 Å². The highest BCUT2D eigenvalue weighted by Crippen LogP contribution is 2.16. The number of oxazole rings is 1. The maximum Gasteiger partial charge on any atom is 0.251 e. The lowest BCUT2D eigenvalue weighted by molar-refractivity contribution is 0.0954. The van der Waals surface area contributed by atoms with Crippen molar-refractivity contribution in [3.63, 3.8) is 0 Å². The second-order valence-electron chi connectivity index (χ2n) is 5.05. The van der Waals surface area contributed by atoms with E-state index in [2.05, 4.69) is 10.3 Å². The van der Waals surface area contributed by atoms with Gasteiger partial charge in [0.1, 0.15) is 5.52 Å². The van der Waals surface area contributed by atoms with Crippen molar-refractivity contribution < 1.29 is 9.21 Å². The summed E-state index contributed by atoms with van der Waals surface area (Å²) in [6, 6.07) is 12.9. The molecule has 0 aliphatic rings. The number of carbonyl (C=O) groups is 1. The third-order valence-electron chi connectivity index (χ3n) is 3.37. The van der Waals surface area contributed by atoms with Gasteiger partial charge in [-0.1, -0.05) is 23.7 Å². The third kappa shape index (κ3) is 3.28. The van der Waals surface area contributed by atoms with E-state index in [1.807, 2.05) is 24.3 Å². The standard InChI is InChI=1S/C17H15ClN2O2/c1-11-20-15-7-4-13(10-16(15)22-11)17(21)19-9-8-12-2-5-14(18)6-3-12/h2-7,10H,8-9H2,1H3,(H,19,21). The number of fused-ring (bicyclic) bond motifs is 1. The maximum absolute atomic E-state index is 12.1. The number of hydrogen-bond acceptors (Lipinski definition) is 3. The van der Waals surface area contributed by atoms with Gasteiger partial charge in [0, 0.05) is 24.1 Å². The van der Waals surface area contributed by atoms with E-state index in [0.717, 1.165) is 17.5 Å². The van der Waals surface area contributed by atoms with Crippen LogP contribution in [0.25, 0.3) is 11.1 Å². The molecule has 0 bridgehead atoms. The van der Waals surface area contributed by atoms with Crippen molar-refractivity contribution in [2.24, 2.45) is 0 Å². The summed E-state index contributed by atoms with van der Waals surface area (Å²) in [6.07, 6.45) is 0.757. The van der Waals surface area contributed by atoms with E-state index in [0.29, 0.717) is 28.6 Å². The average Bonchev–Trinajstić information content (AvgIpc) is 2.88. The SMILES string of the molecule is Cc1nc2ccc(C(=O)NCCc3ccc(Cl)cc3)cc2o1. The first-order chi connectivity index (χ1) is 10.6. The van der Waals surface area contributed by atoms with Crippen LogP contribution in [-0.4, -0.2) is 17.4 Å². The van der Waals surface area contributed by atoms with Gasteiger partial charge in [0.25, 0.3) is 5.91 Å². The molecule has 5 heteroatoms. The molecule has 1 aromatic heterocycles. The zero-order valence-electron chi connectivity index (χ0n) is 12.1. The van der Waals surface area contributed by atoms with Gasteiger partial charge < -0.3 is 9.73 Å².